The number of hydrogen-bond acceptors (Lipinski definition) is 1. The van der Waals surface area contributed by atoms with Gasteiger partial charge in [-0.25, -0.2) is 0 Å². The molecule has 1 aliphatic rings. The van der Waals surface area contributed by atoms with E-state index in [0.717, 1.165) is 25.9 Å². The van der Waals surface area contributed by atoms with Crippen molar-refractivity contribution in [3.63, 3.8) is 0 Å². The number of ether oxygens (including phenoxy) is 1. The van der Waals surface area contributed by atoms with Crippen LogP contribution in [-0.4, -0.2) is 12.7 Å². The molecule has 1 heteroatoms. The van der Waals surface area contributed by atoms with E-state index in [1.165, 1.54) is 22.3 Å². The lowest BCUT2D eigenvalue weighted by Gasteiger charge is -2.12. The van der Waals surface area contributed by atoms with Gasteiger partial charge in [0.15, 0.2) is 0 Å². The minimum atomic E-state index is 0.500. The topological polar surface area (TPSA) is 12.5 Å². The molecule has 1 fully saturated rings. The Labute approximate surface area is 92.5 Å². The first-order valence-corrected chi connectivity index (χ1v) is 5.97. The van der Waals surface area contributed by atoms with Crippen molar-refractivity contribution in [1.29, 1.82) is 0 Å². The van der Waals surface area contributed by atoms with Gasteiger partial charge in [0.2, 0.25) is 0 Å². The molecule has 0 saturated carbocycles. The Morgan fingerprint density at radius 1 is 1.20 bits per heavy atom. The van der Waals surface area contributed by atoms with Crippen LogP contribution in [0.4, 0.5) is 0 Å². The van der Waals surface area contributed by atoms with Crippen LogP contribution >= 0.6 is 0 Å². The molecule has 0 aliphatic carbocycles. The molecule has 1 aromatic rings. The predicted molar refractivity (Wildman–Crippen MR) is 63.4 cm³/mol. The fourth-order valence-corrected chi connectivity index (χ4v) is 2.13. The smallest absolute Gasteiger partial charge is 0.0850 e. The molecular formula is C14H20O. The molecule has 82 valence electrons. The van der Waals surface area contributed by atoms with Crippen molar-refractivity contribution in [1.82, 2.24) is 0 Å². The van der Waals surface area contributed by atoms with Gasteiger partial charge in [-0.3, -0.25) is 0 Å². The lowest BCUT2D eigenvalue weighted by Crippen LogP contribution is -2.01. The summed E-state index contributed by atoms with van der Waals surface area (Å²) >= 11 is 0. The third-order valence-electron chi connectivity index (χ3n) is 3.32. The van der Waals surface area contributed by atoms with Crippen molar-refractivity contribution >= 4 is 0 Å². The standard InChI is InChI=1S/C14H20O/c1-4-11-6-12(5-2)10(3)13(7-11)8-14-9-15-14/h6-7,14H,4-5,8-9H2,1-3H3. The second kappa shape index (κ2) is 4.36. The average molecular weight is 204 g/mol. The van der Waals surface area contributed by atoms with E-state index in [4.69, 9.17) is 4.74 Å². The summed E-state index contributed by atoms with van der Waals surface area (Å²) in [6.07, 6.45) is 3.87. The fourth-order valence-electron chi connectivity index (χ4n) is 2.13. The van der Waals surface area contributed by atoms with E-state index in [9.17, 15) is 0 Å². The molecular weight excluding hydrogens is 184 g/mol. The van der Waals surface area contributed by atoms with E-state index in [-0.39, 0.29) is 0 Å². The summed E-state index contributed by atoms with van der Waals surface area (Å²) in [7, 11) is 0. The molecule has 1 saturated heterocycles. The van der Waals surface area contributed by atoms with E-state index in [0.29, 0.717) is 6.10 Å². The third-order valence-corrected chi connectivity index (χ3v) is 3.32. The van der Waals surface area contributed by atoms with Crippen LogP contribution in [0.1, 0.15) is 36.1 Å². The number of hydrogen-bond donors (Lipinski definition) is 0. The Kier molecular flexibility index (Phi) is 3.11. The van der Waals surface area contributed by atoms with Crippen LogP contribution in [0.5, 0.6) is 0 Å². The van der Waals surface area contributed by atoms with Crippen LogP contribution in [0, 0.1) is 6.92 Å². The van der Waals surface area contributed by atoms with E-state index in [2.05, 4.69) is 32.9 Å². The van der Waals surface area contributed by atoms with Gasteiger partial charge in [-0.2, -0.15) is 0 Å². The van der Waals surface area contributed by atoms with Crippen molar-refractivity contribution in [3.05, 3.63) is 34.4 Å². The van der Waals surface area contributed by atoms with Gasteiger partial charge in [0.25, 0.3) is 0 Å². The van der Waals surface area contributed by atoms with Gasteiger partial charge < -0.3 is 4.74 Å². The molecule has 15 heavy (non-hydrogen) atoms. The minimum Gasteiger partial charge on any atom is -0.373 e. The van der Waals surface area contributed by atoms with Gasteiger partial charge in [0.05, 0.1) is 12.7 Å². The molecule has 1 atom stereocenters. The highest BCUT2D eigenvalue weighted by atomic mass is 16.6. The summed E-state index contributed by atoms with van der Waals surface area (Å²) in [6.45, 7) is 7.66. The van der Waals surface area contributed by atoms with Crippen molar-refractivity contribution in [2.45, 2.75) is 46.1 Å². The first kappa shape index (κ1) is 10.7. The maximum atomic E-state index is 5.31. The van der Waals surface area contributed by atoms with Crippen LogP contribution in [0.2, 0.25) is 0 Å². The number of aryl methyl sites for hydroxylation is 2. The monoisotopic (exact) mass is 204 g/mol. The quantitative estimate of drug-likeness (QED) is 0.687. The predicted octanol–water partition coefficient (Wildman–Crippen LogP) is 3.06. The zero-order valence-electron chi connectivity index (χ0n) is 9.97. The lowest BCUT2D eigenvalue weighted by atomic mass is 9.94. The van der Waals surface area contributed by atoms with E-state index in [1.54, 1.807) is 0 Å². The molecule has 0 N–H and O–H groups in total. The molecule has 1 nitrogen and oxygen atoms in total. The molecule has 0 radical (unpaired) electrons. The lowest BCUT2D eigenvalue weighted by molar-refractivity contribution is 0.407. The van der Waals surface area contributed by atoms with Gasteiger partial charge >= 0.3 is 0 Å². The number of epoxide rings is 1. The molecule has 1 unspecified atom stereocenters. The first-order valence-electron chi connectivity index (χ1n) is 5.97. The van der Waals surface area contributed by atoms with Crippen LogP contribution in [0.3, 0.4) is 0 Å². The third kappa shape index (κ3) is 2.40. The summed E-state index contributed by atoms with van der Waals surface area (Å²) in [5.41, 5.74) is 5.94. The number of benzene rings is 1. The normalized spacial score (nSPS) is 19.3. The molecule has 0 aromatic heterocycles. The molecule has 1 heterocycles. The minimum absolute atomic E-state index is 0.500. The van der Waals surface area contributed by atoms with E-state index in [1.807, 2.05) is 0 Å². The highest BCUT2D eigenvalue weighted by Gasteiger charge is 2.23. The Balaban J connectivity index is 2.31. The zero-order valence-corrected chi connectivity index (χ0v) is 9.97. The second-order valence-electron chi connectivity index (χ2n) is 4.41. The van der Waals surface area contributed by atoms with Gasteiger partial charge in [-0.05, 0) is 42.0 Å². The molecule has 1 aromatic carbocycles. The second-order valence-corrected chi connectivity index (χ2v) is 4.41. The van der Waals surface area contributed by atoms with Gasteiger partial charge in [0, 0.05) is 6.42 Å². The van der Waals surface area contributed by atoms with Crippen LogP contribution in [-0.2, 0) is 24.0 Å². The fraction of sp³-hybridized carbons (Fsp3) is 0.571. The van der Waals surface area contributed by atoms with Crippen molar-refractivity contribution in [2.75, 3.05) is 6.61 Å². The summed E-state index contributed by atoms with van der Waals surface area (Å²) in [4.78, 5) is 0. The van der Waals surface area contributed by atoms with Crippen molar-refractivity contribution < 1.29 is 4.74 Å². The highest BCUT2D eigenvalue weighted by Crippen LogP contribution is 2.23. The Morgan fingerprint density at radius 3 is 2.40 bits per heavy atom. The summed E-state index contributed by atoms with van der Waals surface area (Å²) < 4.78 is 5.31. The molecule has 0 amide bonds. The van der Waals surface area contributed by atoms with E-state index < -0.39 is 0 Å². The Morgan fingerprint density at radius 2 is 1.87 bits per heavy atom. The summed E-state index contributed by atoms with van der Waals surface area (Å²) in [5, 5.41) is 0. The van der Waals surface area contributed by atoms with Crippen LogP contribution in [0.25, 0.3) is 0 Å². The molecule has 1 aliphatic heterocycles. The average Bonchev–Trinajstić information content (AvgIpc) is 3.05. The first-order chi connectivity index (χ1) is 7.24. The summed E-state index contributed by atoms with van der Waals surface area (Å²) in [6, 6.07) is 4.71. The maximum absolute atomic E-state index is 5.31. The van der Waals surface area contributed by atoms with Crippen LogP contribution < -0.4 is 0 Å². The van der Waals surface area contributed by atoms with Crippen molar-refractivity contribution in [3.8, 4) is 0 Å². The molecule has 0 spiro atoms. The highest BCUT2D eigenvalue weighted by molar-refractivity contribution is 5.39. The molecule has 0 bridgehead atoms. The Hall–Kier alpha value is -0.820. The molecule has 2 rings (SSSR count). The Bertz CT molecular complexity index is 351. The van der Waals surface area contributed by atoms with Gasteiger partial charge in [-0.15, -0.1) is 0 Å². The van der Waals surface area contributed by atoms with Crippen LogP contribution in [0.15, 0.2) is 12.1 Å². The van der Waals surface area contributed by atoms with Crippen molar-refractivity contribution in [2.24, 2.45) is 0 Å². The SMILES string of the molecule is CCc1cc(CC)c(C)c(CC2CO2)c1. The maximum Gasteiger partial charge on any atom is 0.0850 e. The van der Waals surface area contributed by atoms with E-state index >= 15 is 0 Å². The zero-order chi connectivity index (χ0) is 10.8. The van der Waals surface area contributed by atoms with Gasteiger partial charge in [0.1, 0.15) is 0 Å². The largest absolute Gasteiger partial charge is 0.373 e. The van der Waals surface area contributed by atoms with Gasteiger partial charge in [-0.1, -0.05) is 26.0 Å². The summed E-state index contributed by atoms with van der Waals surface area (Å²) in [5.74, 6) is 0. The number of rotatable bonds is 4.